The van der Waals surface area contributed by atoms with E-state index in [0.29, 0.717) is 26.7 Å². The number of nitrogens with two attached hydrogens (primary N) is 1. The number of thiazole rings is 1. The van der Waals surface area contributed by atoms with Gasteiger partial charge in [0.05, 0.1) is 9.72 Å². The first-order chi connectivity index (χ1) is 9.11. The summed E-state index contributed by atoms with van der Waals surface area (Å²) in [6.45, 7) is 0. The number of anilines is 1. The van der Waals surface area contributed by atoms with Crippen LogP contribution in [0.25, 0.3) is 10.2 Å². The van der Waals surface area contributed by atoms with Crippen LogP contribution in [-0.2, 0) is 0 Å². The van der Waals surface area contributed by atoms with Crippen LogP contribution in [0.3, 0.4) is 0 Å². The quantitative estimate of drug-likeness (QED) is 0.679. The highest BCUT2D eigenvalue weighted by Gasteiger charge is 2.09. The van der Waals surface area contributed by atoms with Crippen molar-refractivity contribution in [3.8, 4) is 10.9 Å². The van der Waals surface area contributed by atoms with Crippen molar-refractivity contribution in [3.05, 3.63) is 46.4 Å². The number of nitrogen functional groups attached to an aromatic ring is 1. The Hall–Kier alpha value is -1.49. The molecule has 6 heteroatoms. The SMILES string of the molecule is Nc1cc(Cl)cc(Oc2nc3c(Cl)cccc3s2)c1. The Labute approximate surface area is 123 Å². The first-order valence-corrected chi connectivity index (χ1v) is 6.98. The molecule has 0 aliphatic rings. The number of para-hydroxylation sites is 1. The molecule has 96 valence electrons. The second kappa shape index (κ2) is 4.89. The molecule has 2 aromatic carbocycles. The molecule has 0 spiro atoms. The Morgan fingerprint density at radius 3 is 2.74 bits per heavy atom. The Kier molecular flexibility index (Phi) is 3.22. The van der Waals surface area contributed by atoms with Crippen LogP contribution >= 0.6 is 34.5 Å². The molecule has 3 nitrogen and oxygen atoms in total. The maximum absolute atomic E-state index is 6.07. The van der Waals surface area contributed by atoms with E-state index in [2.05, 4.69) is 4.98 Å². The number of ether oxygens (including phenoxy) is 1. The second-order valence-electron chi connectivity index (χ2n) is 3.89. The Morgan fingerprint density at radius 1 is 1.16 bits per heavy atom. The van der Waals surface area contributed by atoms with Crippen LogP contribution in [0.4, 0.5) is 5.69 Å². The van der Waals surface area contributed by atoms with Crippen LogP contribution in [0.5, 0.6) is 10.9 Å². The minimum Gasteiger partial charge on any atom is -0.431 e. The van der Waals surface area contributed by atoms with E-state index < -0.39 is 0 Å². The van der Waals surface area contributed by atoms with E-state index >= 15 is 0 Å². The minimum absolute atomic E-state index is 0.504. The van der Waals surface area contributed by atoms with Crippen molar-refractivity contribution in [2.24, 2.45) is 0 Å². The van der Waals surface area contributed by atoms with Gasteiger partial charge in [0.25, 0.3) is 5.19 Å². The van der Waals surface area contributed by atoms with Crippen LogP contribution in [0, 0.1) is 0 Å². The standard InChI is InChI=1S/C13H8Cl2N2OS/c14-7-4-8(16)6-9(5-7)18-13-17-12-10(15)2-1-3-11(12)19-13/h1-6H,16H2. The zero-order valence-electron chi connectivity index (χ0n) is 9.56. The summed E-state index contributed by atoms with van der Waals surface area (Å²) < 4.78 is 6.63. The third-order valence-electron chi connectivity index (χ3n) is 2.45. The van der Waals surface area contributed by atoms with E-state index in [1.807, 2.05) is 12.1 Å². The number of halogens is 2. The van der Waals surface area contributed by atoms with E-state index in [9.17, 15) is 0 Å². The van der Waals surface area contributed by atoms with Crippen molar-refractivity contribution in [1.82, 2.24) is 4.98 Å². The molecule has 0 unspecified atom stereocenters. The summed E-state index contributed by atoms with van der Waals surface area (Å²) in [7, 11) is 0. The monoisotopic (exact) mass is 310 g/mol. The molecule has 0 radical (unpaired) electrons. The van der Waals surface area contributed by atoms with E-state index in [4.69, 9.17) is 33.7 Å². The average molecular weight is 311 g/mol. The molecule has 3 rings (SSSR count). The maximum Gasteiger partial charge on any atom is 0.279 e. The van der Waals surface area contributed by atoms with Crippen molar-refractivity contribution in [3.63, 3.8) is 0 Å². The highest BCUT2D eigenvalue weighted by molar-refractivity contribution is 7.20. The fourth-order valence-electron chi connectivity index (χ4n) is 1.68. The first-order valence-electron chi connectivity index (χ1n) is 5.41. The second-order valence-corrected chi connectivity index (χ2v) is 5.73. The van der Waals surface area contributed by atoms with Gasteiger partial charge < -0.3 is 10.5 Å². The molecule has 19 heavy (non-hydrogen) atoms. The fraction of sp³-hybridized carbons (Fsp3) is 0. The van der Waals surface area contributed by atoms with Gasteiger partial charge in [-0.05, 0) is 24.3 Å². The normalized spacial score (nSPS) is 10.8. The molecule has 2 N–H and O–H groups in total. The summed E-state index contributed by atoms with van der Waals surface area (Å²) in [6.07, 6.45) is 0. The Bertz CT molecular complexity index is 737. The molecule has 0 atom stereocenters. The number of fused-ring (bicyclic) bond motifs is 1. The van der Waals surface area contributed by atoms with Gasteiger partial charge in [-0.3, -0.25) is 0 Å². The van der Waals surface area contributed by atoms with E-state index in [-0.39, 0.29) is 0 Å². The van der Waals surface area contributed by atoms with Gasteiger partial charge >= 0.3 is 0 Å². The van der Waals surface area contributed by atoms with Crippen LogP contribution in [0.15, 0.2) is 36.4 Å². The zero-order valence-corrected chi connectivity index (χ0v) is 11.9. The molecule has 0 saturated carbocycles. The summed E-state index contributed by atoms with van der Waals surface area (Å²) in [5, 5.41) is 1.63. The molecule has 1 aromatic heterocycles. The minimum atomic E-state index is 0.504. The third kappa shape index (κ3) is 2.61. The molecule has 0 saturated heterocycles. The Balaban J connectivity index is 1.99. The van der Waals surface area contributed by atoms with Crippen molar-refractivity contribution in [2.45, 2.75) is 0 Å². The number of hydrogen-bond acceptors (Lipinski definition) is 4. The van der Waals surface area contributed by atoms with Gasteiger partial charge in [0.2, 0.25) is 0 Å². The van der Waals surface area contributed by atoms with Gasteiger partial charge in [-0.1, -0.05) is 40.6 Å². The lowest BCUT2D eigenvalue weighted by Gasteiger charge is -2.03. The van der Waals surface area contributed by atoms with Gasteiger partial charge in [0, 0.05) is 16.8 Å². The molecule has 1 heterocycles. The highest BCUT2D eigenvalue weighted by atomic mass is 35.5. The molecule has 0 amide bonds. The van der Waals surface area contributed by atoms with E-state index in [1.54, 1.807) is 24.3 Å². The molecule has 0 bridgehead atoms. The lowest BCUT2D eigenvalue weighted by Crippen LogP contribution is -1.88. The number of aromatic nitrogens is 1. The lowest BCUT2D eigenvalue weighted by molar-refractivity contribution is 0.480. The van der Waals surface area contributed by atoms with Crippen molar-refractivity contribution < 1.29 is 4.74 Å². The Morgan fingerprint density at radius 2 is 2.00 bits per heavy atom. The smallest absolute Gasteiger partial charge is 0.279 e. The molecule has 0 fully saturated rings. The van der Waals surface area contributed by atoms with Gasteiger partial charge in [-0.15, -0.1) is 0 Å². The summed E-state index contributed by atoms with van der Waals surface area (Å²) in [5.41, 5.74) is 6.99. The average Bonchev–Trinajstić information content (AvgIpc) is 2.71. The summed E-state index contributed by atoms with van der Waals surface area (Å²) >= 11 is 13.4. The number of nitrogens with zero attached hydrogens (tertiary/aromatic N) is 1. The molecule has 0 aliphatic carbocycles. The molecular weight excluding hydrogens is 303 g/mol. The van der Waals surface area contributed by atoms with Crippen molar-refractivity contribution in [2.75, 3.05) is 5.73 Å². The van der Waals surface area contributed by atoms with E-state index in [1.165, 1.54) is 11.3 Å². The van der Waals surface area contributed by atoms with Gasteiger partial charge in [0.15, 0.2) is 0 Å². The summed E-state index contributed by atoms with van der Waals surface area (Å²) in [5.74, 6) is 0.556. The zero-order chi connectivity index (χ0) is 13.4. The highest BCUT2D eigenvalue weighted by Crippen LogP contribution is 2.35. The predicted molar refractivity (Wildman–Crippen MR) is 80.6 cm³/mol. The largest absolute Gasteiger partial charge is 0.431 e. The van der Waals surface area contributed by atoms with Crippen LogP contribution in [0.1, 0.15) is 0 Å². The van der Waals surface area contributed by atoms with Gasteiger partial charge in [0.1, 0.15) is 11.3 Å². The van der Waals surface area contributed by atoms with Gasteiger partial charge in [-0.25, -0.2) is 4.98 Å². The molecular formula is C13H8Cl2N2OS. The number of benzene rings is 2. The van der Waals surface area contributed by atoms with Crippen molar-refractivity contribution in [1.29, 1.82) is 0 Å². The van der Waals surface area contributed by atoms with Crippen LogP contribution < -0.4 is 10.5 Å². The van der Waals surface area contributed by atoms with Crippen LogP contribution in [0.2, 0.25) is 10.0 Å². The van der Waals surface area contributed by atoms with Crippen molar-refractivity contribution >= 4 is 50.4 Å². The summed E-state index contributed by atoms with van der Waals surface area (Å²) in [6, 6.07) is 10.7. The summed E-state index contributed by atoms with van der Waals surface area (Å²) in [4.78, 5) is 4.35. The predicted octanol–water partition coefficient (Wildman–Crippen LogP) is 4.98. The number of hydrogen-bond donors (Lipinski definition) is 1. The molecule has 0 aliphatic heterocycles. The third-order valence-corrected chi connectivity index (χ3v) is 3.87. The van der Waals surface area contributed by atoms with Gasteiger partial charge in [-0.2, -0.15) is 0 Å². The van der Waals surface area contributed by atoms with Crippen LogP contribution in [-0.4, -0.2) is 4.98 Å². The fourth-order valence-corrected chi connectivity index (χ4v) is 3.05. The lowest BCUT2D eigenvalue weighted by atomic mass is 10.3. The first kappa shape index (κ1) is 12.5. The maximum atomic E-state index is 6.07. The molecule has 3 aromatic rings. The topological polar surface area (TPSA) is 48.1 Å². The number of rotatable bonds is 2. The van der Waals surface area contributed by atoms with E-state index in [0.717, 1.165) is 10.2 Å².